The number of halogens is 1. The van der Waals surface area contributed by atoms with E-state index in [1.165, 1.54) is 4.68 Å². The topological polar surface area (TPSA) is 79.1 Å². The van der Waals surface area contributed by atoms with Gasteiger partial charge in [-0.15, -0.1) is 0 Å². The number of phenols is 1. The molecule has 0 bridgehead atoms. The minimum absolute atomic E-state index is 0.130. The van der Waals surface area contributed by atoms with Gasteiger partial charge in [-0.25, -0.2) is 14.4 Å². The lowest BCUT2D eigenvalue weighted by Gasteiger charge is -2.29. The molecule has 7 nitrogen and oxygen atoms in total. The molecule has 1 aliphatic heterocycles. The number of rotatable bonds is 2. The van der Waals surface area contributed by atoms with Gasteiger partial charge in [0.05, 0.1) is 11.1 Å². The van der Waals surface area contributed by atoms with Crippen molar-refractivity contribution in [3.8, 4) is 17.1 Å². The second kappa shape index (κ2) is 6.42. The molecule has 8 heteroatoms. The van der Waals surface area contributed by atoms with Gasteiger partial charge in [-0.1, -0.05) is 0 Å². The average molecular weight is 378 g/mol. The minimum atomic E-state index is -0.758. The van der Waals surface area contributed by atoms with Gasteiger partial charge in [-0.05, 0) is 24.3 Å². The molecule has 0 saturated carbocycles. The molecular weight excluding hydrogens is 359 g/mol. The van der Waals surface area contributed by atoms with Crippen LogP contribution in [0.25, 0.3) is 33.2 Å². The Morgan fingerprint density at radius 3 is 2.79 bits per heavy atom. The van der Waals surface area contributed by atoms with E-state index in [1.807, 2.05) is 12.1 Å². The Hall–Kier alpha value is -3.26. The van der Waals surface area contributed by atoms with Gasteiger partial charge in [0.15, 0.2) is 17.4 Å². The number of nitrogens with one attached hydrogen (secondary N) is 1. The molecule has 0 amide bonds. The van der Waals surface area contributed by atoms with Crippen LogP contribution in [0.15, 0.2) is 36.7 Å². The van der Waals surface area contributed by atoms with Crippen LogP contribution in [0.2, 0.25) is 0 Å². The van der Waals surface area contributed by atoms with Gasteiger partial charge in [0.2, 0.25) is 0 Å². The van der Waals surface area contributed by atoms with Crippen molar-refractivity contribution in [3.63, 3.8) is 0 Å². The summed E-state index contributed by atoms with van der Waals surface area (Å²) in [5.41, 5.74) is 2.27. The Morgan fingerprint density at radius 2 is 1.96 bits per heavy atom. The molecule has 2 aromatic heterocycles. The molecule has 28 heavy (non-hydrogen) atoms. The average Bonchev–Trinajstić information content (AvgIpc) is 3.11. The first-order valence-corrected chi connectivity index (χ1v) is 9.18. The molecular formula is C20H19FN6O. The van der Waals surface area contributed by atoms with Gasteiger partial charge in [0.1, 0.15) is 5.52 Å². The van der Waals surface area contributed by atoms with Gasteiger partial charge < -0.3 is 15.3 Å². The van der Waals surface area contributed by atoms with Crippen LogP contribution < -0.4 is 10.2 Å². The van der Waals surface area contributed by atoms with Crippen molar-refractivity contribution in [2.24, 2.45) is 7.05 Å². The number of nitrogens with zero attached hydrogens (tertiary/aromatic N) is 5. The van der Waals surface area contributed by atoms with E-state index in [0.717, 1.165) is 42.8 Å². The van der Waals surface area contributed by atoms with Crippen molar-refractivity contribution in [1.82, 2.24) is 25.1 Å². The molecule has 0 atom stereocenters. The molecule has 2 N–H and O–H groups in total. The summed E-state index contributed by atoms with van der Waals surface area (Å²) in [5.74, 6) is -0.960. The second-order valence-corrected chi connectivity index (χ2v) is 7.00. The number of aryl methyl sites for hydroxylation is 1. The first-order valence-electron chi connectivity index (χ1n) is 9.18. The Labute approximate surface area is 160 Å². The Kier molecular flexibility index (Phi) is 3.87. The predicted molar refractivity (Wildman–Crippen MR) is 106 cm³/mol. The zero-order chi connectivity index (χ0) is 19.3. The van der Waals surface area contributed by atoms with Crippen molar-refractivity contribution < 1.29 is 9.50 Å². The number of aromatic hydroxyl groups is 1. The normalized spacial score (nSPS) is 14.9. The first-order chi connectivity index (χ1) is 13.6. The smallest absolute Gasteiger partial charge is 0.193 e. The molecule has 0 spiro atoms. The quantitative estimate of drug-likeness (QED) is 0.558. The van der Waals surface area contributed by atoms with Gasteiger partial charge in [0, 0.05) is 62.1 Å². The zero-order valence-electron chi connectivity index (χ0n) is 15.4. The molecule has 1 aliphatic rings. The molecule has 5 rings (SSSR count). The van der Waals surface area contributed by atoms with E-state index in [-0.39, 0.29) is 16.9 Å². The van der Waals surface area contributed by atoms with Crippen LogP contribution in [0.1, 0.15) is 0 Å². The highest BCUT2D eigenvalue weighted by atomic mass is 19.1. The van der Waals surface area contributed by atoms with Gasteiger partial charge in [-0.3, -0.25) is 4.68 Å². The lowest BCUT2D eigenvalue weighted by atomic mass is 10.1. The summed E-state index contributed by atoms with van der Waals surface area (Å²) in [6.07, 6.45) is 3.41. The van der Waals surface area contributed by atoms with E-state index < -0.39 is 11.6 Å². The van der Waals surface area contributed by atoms with E-state index in [1.54, 1.807) is 25.5 Å². The number of anilines is 1. The highest BCUT2D eigenvalue weighted by molar-refractivity contribution is 5.89. The van der Waals surface area contributed by atoms with Crippen molar-refractivity contribution in [3.05, 3.63) is 42.5 Å². The fourth-order valence-corrected chi connectivity index (χ4v) is 3.68. The third-order valence-electron chi connectivity index (χ3n) is 5.11. The number of phenolic OH excluding ortho intramolecular Hbond substituents is 1. The summed E-state index contributed by atoms with van der Waals surface area (Å²) in [6, 6.07) is 7.70. The molecule has 0 radical (unpaired) electrons. The lowest BCUT2D eigenvalue weighted by Crippen LogP contribution is -2.43. The predicted octanol–water partition coefficient (Wildman–Crippen LogP) is 2.44. The molecule has 142 valence electrons. The Bertz CT molecular complexity index is 1200. The zero-order valence-corrected chi connectivity index (χ0v) is 15.4. The summed E-state index contributed by atoms with van der Waals surface area (Å²) in [4.78, 5) is 11.3. The fraction of sp³-hybridized carbons (Fsp3) is 0.250. The van der Waals surface area contributed by atoms with Crippen LogP contribution in [0.4, 0.5) is 10.1 Å². The monoisotopic (exact) mass is 378 g/mol. The summed E-state index contributed by atoms with van der Waals surface area (Å²) in [6.45, 7) is 3.86. The van der Waals surface area contributed by atoms with E-state index in [4.69, 9.17) is 0 Å². The maximum absolute atomic E-state index is 14.5. The number of hydrogen-bond acceptors (Lipinski definition) is 6. The van der Waals surface area contributed by atoms with E-state index >= 15 is 0 Å². The third-order valence-corrected chi connectivity index (χ3v) is 5.11. The summed E-state index contributed by atoms with van der Waals surface area (Å²) < 4.78 is 16.0. The minimum Gasteiger partial charge on any atom is -0.504 e. The van der Waals surface area contributed by atoms with Gasteiger partial charge in [0.25, 0.3) is 0 Å². The van der Waals surface area contributed by atoms with Crippen LogP contribution >= 0.6 is 0 Å². The number of benzene rings is 2. The lowest BCUT2D eigenvalue weighted by molar-refractivity contribution is 0.437. The third kappa shape index (κ3) is 2.73. The molecule has 0 aliphatic carbocycles. The van der Waals surface area contributed by atoms with Crippen molar-refractivity contribution in [2.45, 2.75) is 0 Å². The Morgan fingerprint density at radius 1 is 1.14 bits per heavy atom. The van der Waals surface area contributed by atoms with Crippen molar-refractivity contribution in [2.75, 3.05) is 31.1 Å². The molecule has 3 heterocycles. The van der Waals surface area contributed by atoms with E-state index in [9.17, 15) is 9.50 Å². The van der Waals surface area contributed by atoms with E-state index in [0.29, 0.717) is 5.39 Å². The van der Waals surface area contributed by atoms with Gasteiger partial charge >= 0.3 is 0 Å². The fourth-order valence-electron chi connectivity index (χ4n) is 3.68. The first kappa shape index (κ1) is 16.9. The van der Waals surface area contributed by atoms with E-state index in [2.05, 4.69) is 31.3 Å². The maximum atomic E-state index is 14.5. The van der Waals surface area contributed by atoms with Crippen LogP contribution in [0.3, 0.4) is 0 Å². The number of piperazine rings is 1. The number of fused-ring (bicyclic) bond motifs is 2. The Balaban J connectivity index is 1.58. The van der Waals surface area contributed by atoms with Crippen LogP contribution in [0.5, 0.6) is 5.75 Å². The molecule has 4 aromatic rings. The highest BCUT2D eigenvalue weighted by Gasteiger charge is 2.19. The van der Waals surface area contributed by atoms with Gasteiger partial charge in [-0.2, -0.15) is 5.10 Å². The highest BCUT2D eigenvalue weighted by Crippen LogP contribution is 2.35. The summed E-state index contributed by atoms with van der Waals surface area (Å²) >= 11 is 0. The van der Waals surface area contributed by atoms with Crippen molar-refractivity contribution >= 4 is 27.5 Å². The number of aromatic nitrogens is 4. The van der Waals surface area contributed by atoms with Crippen molar-refractivity contribution in [1.29, 1.82) is 0 Å². The maximum Gasteiger partial charge on any atom is 0.193 e. The van der Waals surface area contributed by atoms with Crippen LogP contribution in [0, 0.1) is 5.82 Å². The largest absolute Gasteiger partial charge is 0.504 e. The molecule has 0 unspecified atom stereocenters. The second-order valence-electron chi connectivity index (χ2n) is 7.00. The molecule has 2 aromatic carbocycles. The number of hydrogen-bond donors (Lipinski definition) is 2. The molecule has 1 fully saturated rings. The van der Waals surface area contributed by atoms with Crippen LogP contribution in [-0.4, -0.2) is 51.0 Å². The summed E-state index contributed by atoms with van der Waals surface area (Å²) in [7, 11) is 1.71. The summed E-state index contributed by atoms with van der Waals surface area (Å²) in [5, 5.41) is 19.2. The van der Waals surface area contributed by atoms with Crippen LogP contribution in [-0.2, 0) is 7.05 Å². The standard InChI is InChI=1S/C20H19FN6O/c1-26-11-13-9-15(19(28)17(21)18(13)25-26)20-23-10-12-8-14(2-3-16(12)24-20)27-6-4-22-5-7-27/h2-3,8-11,22,28H,4-7H2,1H3. The SMILES string of the molecule is Cn1cc2cc(-c3ncc4cc(N5CCNCC5)ccc4n3)c(O)c(F)c2n1. The molecule has 1 saturated heterocycles.